The average Bonchev–Trinajstić information content (AvgIpc) is 3.20. The minimum atomic E-state index is -4.44. The van der Waals surface area contributed by atoms with E-state index in [9.17, 15) is 22.8 Å². The van der Waals surface area contributed by atoms with Crippen molar-refractivity contribution < 1.29 is 17.8 Å². The summed E-state index contributed by atoms with van der Waals surface area (Å²) in [7, 11) is -4.44. The topological polar surface area (TPSA) is 177 Å². The first-order chi connectivity index (χ1) is 15.5. The molecule has 2 heterocycles. The van der Waals surface area contributed by atoms with Crippen molar-refractivity contribution in [3.05, 3.63) is 78.5 Å². The van der Waals surface area contributed by atoms with Crippen LogP contribution in [-0.4, -0.2) is 33.4 Å². The lowest BCUT2D eigenvalue weighted by Crippen LogP contribution is -2.41. The molecule has 2 unspecified atom stereocenters. The normalized spacial score (nSPS) is 13.4. The van der Waals surface area contributed by atoms with E-state index in [-0.39, 0.29) is 17.7 Å². The number of H-pyrrole nitrogens is 1. The molecule has 2 aromatic heterocycles. The molecule has 3 aromatic rings. The molecule has 13 heteroatoms. The van der Waals surface area contributed by atoms with Crippen LogP contribution in [0.5, 0.6) is 0 Å². The van der Waals surface area contributed by atoms with Gasteiger partial charge in [-0.2, -0.15) is 8.42 Å². The number of amides is 1. The summed E-state index contributed by atoms with van der Waals surface area (Å²) in [5, 5.41) is 2.42. The first-order valence-electron chi connectivity index (χ1n) is 9.80. The van der Waals surface area contributed by atoms with Crippen molar-refractivity contribution in [2.45, 2.75) is 38.6 Å². The van der Waals surface area contributed by atoms with Crippen LogP contribution >= 0.6 is 11.3 Å². The van der Waals surface area contributed by atoms with Gasteiger partial charge in [0.15, 0.2) is 0 Å². The molecule has 5 N–H and O–H groups in total. The van der Waals surface area contributed by atoms with Gasteiger partial charge in [-0.15, -0.1) is 11.3 Å². The number of carbonyl (C=O) groups excluding carboxylic acids is 1. The van der Waals surface area contributed by atoms with E-state index in [4.69, 9.17) is 10.3 Å². The molecular formula is C20H22N5O6S2. The number of primary amides is 1. The Morgan fingerprint density at radius 2 is 2.12 bits per heavy atom. The van der Waals surface area contributed by atoms with Gasteiger partial charge < -0.3 is 5.73 Å². The van der Waals surface area contributed by atoms with E-state index in [0.717, 1.165) is 10.3 Å². The van der Waals surface area contributed by atoms with Crippen LogP contribution in [0, 0.1) is 13.0 Å². The van der Waals surface area contributed by atoms with Gasteiger partial charge in [0.05, 0.1) is 16.4 Å². The molecule has 2 atom stereocenters. The highest BCUT2D eigenvalue weighted by molar-refractivity contribution is 7.87. The third-order valence-electron chi connectivity index (χ3n) is 4.93. The number of hydrogen-bond donors (Lipinski definition) is 4. The number of rotatable bonds is 9. The Hall–Kier alpha value is -3.29. The van der Waals surface area contributed by atoms with Crippen molar-refractivity contribution >= 4 is 33.2 Å². The Morgan fingerprint density at radius 1 is 1.39 bits per heavy atom. The van der Waals surface area contributed by atoms with Gasteiger partial charge in [0.2, 0.25) is 5.91 Å². The monoisotopic (exact) mass is 492 g/mol. The van der Waals surface area contributed by atoms with E-state index >= 15 is 0 Å². The van der Waals surface area contributed by atoms with Crippen molar-refractivity contribution in [1.29, 1.82) is 0 Å². The molecule has 0 aliphatic carbocycles. The molecule has 0 saturated heterocycles. The number of nitrogens with one attached hydrogen (secondary N) is 2. The molecule has 1 amide bonds. The number of benzene rings is 1. The largest absolute Gasteiger partial charge is 0.368 e. The Bertz CT molecular complexity index is 1370. The Balaban J connectivity index is 2.07. The minimum Gasteiger partial charge on any atom is -0.368 e. The molecule has 0 saturated carbocycles. The van der Waals surface area contributed by atoms with E-state index in [1.165, 1.54) is 36.6 Å². The zero-order chi connectivity index (χ0) is 24.3. The average molecular weight is 493 g/mol. The lowest BCUT2D eigenvalue weighted by atomic mass is 9.91. The SMILES string of the molecule is CCc1csc(C(Cc2[c]cc(NS(=O)(=O)O)cc2)C(C(N)=O)n2cc(C)c(=O)[nH]c2=O)n1. The fraction of sp³-hybridized carbons (Fsp3) is 0.300. The van der Waals surface area contributed by atoms with Gasteiger partial charge in [0.1, 0.15) is 6.04 Å². The van der Waals surface area contributed by atoms with Gasteiger partial charge in [-0.05, 0) is 43.5 Å². The van der Waals surface area contributed by atoms with Crippen LogP contribution in [0.15, 0.2) is 39.4 Å². The van der Waals surface area contributed by atoms with Crippen LogP contribution in [0.25, 0.3) is 0 Å². The molecule has 1 radical (unpaired) electrons. The van der Waals surface area contributed by atoms with Crippen LogP contribution < -0.4 is 21.7 Å². The predicted molar refractivity (Wildman–Crippen MR) is 123 cm³/mol. The van der Waals surface area contributed by atoms with Crippen molar-refractivity contribution in [3.63, 3.8) is 0 Å². The summed E-state index contributed by atoms with van der Waals surface area (Å²) in [6, 6.07) is 6.06. The zero-order valence-corrected chi connectivity index (χ0v) is 19.4. The number of anilines is 1. The molecule has 0 spiro atoms. The highest BCUT2D eigenvalue weighted by Crippen LogP contribution is 2.34. The third-order valence-corrected chi connectivity index (χ3v) is 6.45. The van der Waals surface area contributed by atoms with E-state index in [1.807, 2.05) is 17.0 Å². The van der Waals surface area contributed by atoms with Crippen LogP contribution in [0.4, 0.5) is 5.69 Å². The molecule has 11 nitrogen and oxygen atoms in total. The van der Waals surface area contributed by atoms with Gasteiger partial charge in [0.25, 0.3) is 5.56 Å². The quantitative estimate of drug-likeness (QED) is 0.321. The van der Waals surface area contributed by atoms with E-state index < -0.39 is 39.4 Å². The first kappa shape index (κ1) is 24.4. The highest BCUT2D eigenvalue weighted by atomic mass is 32.2. The van der Waals surface area contributed by atoms with Crippen LogP contribution in [0.1, 0.15) is 40.7 Å². The number of thiazole rings is 1. The summed E-state index contributed by atoms with van der Waals surface area (Å²) in [4.78, 5) is 43.7. The first-order valence-corrected chi connectivity index (χ1v) is 12.1. The number of nitrogens with two attached hydrogens (primary N) is 1. The smallest absolute Gasteiger partial charge is 0.357 e. The van der Waals surface area contributed by atoms with Crippen molar-refractivity contribution in [1.82, 2.24) is 14.5 Å². The van der Waals surface area contributed by atoms with Gasteiger partial charge in [-0.1, -0.05) is 13.0 Å². The standard InChI is InChI=1S/C20H22N5O6S2/c1-3-13-10-32-19(22-13)15(8-12-4-6-14(7-5-12)24-33(29,30)31)16(17(21)26)25-9-11(2)18(27)23-20(25)28/h4,6-7,9-10,15-16,24H,3,8H2,1-2H3,(H2,21,26)(H,23,27,28)(H,29,30,31). The van der Waals surface area contributed by atoms with Gasteiger partial charge in [-0.3, -0.25) is 28.4 Å². The molecule has 0 aliphatic rings. The van der Waals surface area contributed by atoms with E-state index in [1.54, 1.807) is 6.07 Å². The third kappa shape index (κ3) is 5.94. The molecule has 0 fully saturated rings. The summed E-state index contributed by atoms with van der Waals surface area (Å²) in [5.41, 5.74) is 6.11. The second-order valence-corrected chi connectivity index (χ2v) is 9.39. The van der Waals surface area contributed by atoms with Crippen LogP contribution in [-0.2, 0) is 27.9 Å². The second kappa shape index (κ2) is 9.68. The van der Waals surface area contributed by atoms with Gasteiger partial charge in [-0.25, -0.2) is 9.78 Å². The van der Waals surface area contributed by atoms with Gasteiger partial charge in [0, 0.05) is 23.1 Å². The Labute approximate surface area is 193 Å². The fourth-order valence-corrected chi connectivity index (χ4v) is 4.80. The summed E-state index contributed by atoms with van der Waals surface area (Å²) in [5.74, 6) is -1.46. The van der Waals surface area contributed by atoms with Crippen LogP contribution in [0.3, 0.4) is 0 Å². The molecule has 3 rings (SSSR count). The maximum absolute atomic E-state index is 12.6. The molecule has 33 heavy (non-hydrogen) atoms. The molecule has 1 aromatic carbocycles. The minimum absolute atomic E-state index is 0.0965. The van der Waals surface area contributed by atoms with Crippen molar-refractivity contribution in [2.75, 3.05) is 4.72 Å². The number of hydrogen-bond acceptors (Lipinski definition) is 7. The Kier molecular flexibility index (Phi) is 7.15. The van der Waals surface area contributed by atoms with E-state index in [2.05, 4.69) is 16.0 Å². The number of nitrogens with zero attached hydrogens (tertiary/aromatic N) is 2. The molecule has 0 aliphatic heterocycles. The van der Waals surface area contributed by atoms with Crippen molar-refractivity contribution in [2.24, 2.45) is 5.73 Å². The highest BCUT2D eigenvalue weighted by Gasteiger charge is 2.33. The summed E-state index contributed by atoms with van der Waals surface area (Å²) >= 11 is 1.32. The number of aryl methyl sites for hydroxylation is 2. The number of carbonyl (C=O) groups is 1. The second-order valence-electron chi connectivity index (χ2n) is 7.35. The summed E-state index contributed by atoms with van der Waals surface area (Å²) in [6.45, 7) is 3.44. The summed E-state index contributed by atoms with van der Waals surface area (Å²) in [6.07, 6.45) is 2.14. The zero-order valence-electron chi connectivity index (χ0n) is 17.7. The molecule has 175 valence electrons. The number of aromatic amines is 1. The van der Waals surface area contributed by atoms with Gasteiger partial charge >= 0.3 is 16.0 Å². The fourth-order valence-electron chi connectivity index (χ4n) is 3.34. The molecular weight excluding hydrogens is 470 g/mol. The van der Waals surface area contributed by atoms with Crippen LogP contribution in [0.2, 0.25) is 0 Å². The lowest BCUT2D eigenvalue weighted by molar-refractivity contribution is -0.121. The maximum atomic E-state index is 12.6. The predicted octanol–water partition coefficient (Wildman–Crippen LogP) is 0.932. The van der Waals surface area contributed by atoms with E-state index in [0.29, 0.717) is 17.0 Å². The number of aromatic nitrogens is 3. The maximum Gasteiger partial charge on any atom is 0.357 e. The summed E-state index contributed by atoms with van der Waals surface area (Å²) < 4.78 is 33.9. The van der Waals surface area contributed by atoms with Crippen molar-refractivity contribution in [3.8, 4) is 0 Å². The molecule has 0 bridgehead atoms. The Morgan fingerprint density at radius 3 is 2.67 bits per heavy atom. The lowest BCUT2D eigenvalue weighted by Gasteiger charge is -2.25.